The molecule has 2 N–H and O–H groups in total. The average Bonchev–Trinajstić information content (AvgIpc) is 3.49. The van der Waals surface area contributed by atoms with Gasteiger partial charge in [-0.15, -0.1) is 11.3 Å². The van der Waals surface area contributed by atoms with E-state index in [0.717, 1.165) is 11.3 Å². The molecule has 0 fully saturated rings. The van der Waals surface area contributed by atoms with E-state index in [4.69, 9.17) is 0 Å². The smallest absolute Gasteiger partial charge is 0.261 e. The number of rotatable bonds is 6. The minimum atomic E-state index is -0.276. The number of carbonyl (C=O) groups excluding carboxylic acids is 2. The van der Waals surface area contributed by atoms with E-state index in [2.05, 4.69) is 25.7 Å². The maximum absolute atomic E-state index is 12.9. The molecule has 4 rings (SSSR count). The van der Waals surface area contributed by atoms with Crippen LogP contribution in [0.15, 0.2) is 66.3 Å². The monoisotopic (exact) mass is 460 g/mol. The molecule has 0 spiro atoms. The number of amides is 2. The van der Waals surface area contributed by atoms with E-state index in [1.165, 1.54) is 16.0 Å². The maximum Gasteiger partial charge on any atom is 0.261 e. The summed E-state index contributed by atoms with van der Waals surface area (Å²) in [6.45, 7) is 6.53. The van der Waals surface area contributed by atoms with Crippen LogP contribution in [0.3, 0.4) is 0 Å². The van der Waals surface area contributed by atoms with Gasteiger partial charge in [-0.05, 0) is 35.2 Å². The second-order valence-electron chi connectivity index (χ2n) is 8.44. The number of carbonyl (C=O) groups is 2. The third kappa shape index (κ3) is 5.32. The lowest BCUT2D eigenvalue weighted by atomic mass is 9.92. The van der Waals surface area contributed by atoms with Gasteiger partial charge < -0.3 is 10.6 Å². The van der Waals surface area contributed by atoms with Gasteiger partial charge in [0.15, 0.2) is 0 Å². The Morgan fingerprint density at radius 1 is 1.00 bits per heavy atom. The molecule has 0 saturated carbocycles. The predicted molar refractivity (Wildman–Crippen MR) is 128 cm³/mol. The van der Waals surface area contributed by atoms with Gasteiger partial charge in [0.2, 0.25) is 0 Å². The van der Waals surface area contributed by atoms with Crippen LogP contribution in [-0.2, 0) is 12.0 Å². The van der Waals surface area contributed by atoms with Crippen molar-refractivity contribution < 1.29 is 9.59 Å². The van der Waals surface area contributed by atoms with Crippen LogP contribution in [0, 0.1) is 0 Å². The summed E-state index contributed by atoms with van der Waals surface area (Å²) in [5.74, 6) is 0.475. The Morgan fingerprint density at radius 2 is 1.73 bits per heavy atom. The van der Waals surface area contributed by atoms with E-state index in [1.54, 1.807) is 36.7 Å². The Hall–Kier alpha value is -3.85. The molecule has 0 aliphatic rings. The highest BCUT2D eigenvalue weighted by Crippen LogP contribution is 2.25. The van der Waals surface area contributed by atoms with Gasteiger partial charge in [0, 0.05) is 36.0 Å². The van der Waals surface area contributed by atoms with Crippen molar-refractivity contribution in [2.45, 2.75) is 32.7 Å². The lowest BCUT2D eigenvalue weighted by Crippen LogP contribution is -2.21. The lowest BCUT2D eigenvalue weighted by Gasteiger charge is -2.13. The molecule has 2 amide bonds. The Labute approximate surface area is 195 Å². The topological polar surface area (TPSA) is 102 Å². The fourth-order valence-corrected chi connectivity index (χ4v) is 3.67. The van der Waals surface area contributed by atoms with Crippen LogP contribution in [0.1, 0.15) is 52.1 Å². The number of benzene rings is 1. The van der Waals surface area contributed by atoms with Gasteiger partial charge in [-0.2, -0.15) is 9.78 Å². The number of thiophene rings is 1. The summed E-state index contributed by atoms with van der Waals surface area (Å²) in [5.41, 5.74) is 1.98. The van der Waals surface area contributed by atoms with E-state index in [0.29, 0.717) is 28.8 Å². The SMILES string of the molecule is CC(C)(C)c1cc(NC(=O)c2ccc(CNC(=O)c3cccs3)cc2)n(-c2ncccn2)n1. The number of aromatic nitrogens is 4. The Bertz CT molecular complexity index is 1240. The molecule has 9 heteroatoms. The molecule has 33 heavy (non-hydrogen) atoms. The summed E-state index contributed by atoms with van der Waals surface area (Å²) in [6, 6.07) is 14.3. The highest BCUT2D eigenvalue weighted by Gasteiger charge is 2.22. The molecule has 0 radical (unpaired) electrons. The van der Waals surface area contributed by atoms with Crippen molar-refractivity contribution in [2.24, 2.45) is 0 Å². The minimum absolute atomic E-state index is 0.113. The number of hydrogen-bond donors (Lipinski definition) is 2. The molecule has 3 heterocycles. The van der Waals surface area contributed by atoms with Crippen LogP contribution in [-0.4, -0.2) is 31.6 Å². The first kappa shape index (κ1) is 22.3. The second kappa shape index (κ2) is 9.33. The van der Waals surface area contributed by atoms with E-state index in [-0.39, 0.29) is 17.2 Å². The van der Waals surface area contributed by atoms with Crippen molar-refractivity contribution in [3.63, 3.8) is 0 Å². The van der Waals surface area contributed by atoms with Gasteiger partial charge in [-0.25, -0.2) is 9.97 Å². The normalized spacial score (nSPS) is 11.2. The third-order valence-electron chi connectivity index (χ3n) is 4.88. The van der Waals surface area contributed by atoms with Gasteiger partial charge in [0.05, 0.1) is 10.6 Å². The number of nitrogens with zero attached hydrogens (tertiary/aromatic N) is 4. The van der Waals surface area contributed by atoms with Gasteiger partial charge >= 0.3 is 0 Å². The first-order valence-electron chi connectivity index (χ1n) is 10.4. The molecule has 0 aliphatic carbocycles. The van der Waals surface area contributed by atoms with Crippen molar-refractivity contribution in [1.82, 2.24) is 25.1 Å². The Morgan fingerprint density at radius 3 is 2.36 bits per heavy atom. The third-order valence-corrected chi connectivity index (χ3v) is 5.74. The van der Waals surface area contributed by atoms with E-state index >= 15 is 0 Å². The molecule has 1 aromatic carbocycles. The van der Waals surface area contributed by atoms with Crippen LogP contribution < -0.4 is 10.6 Å². The Kier molecular flexibility index (Phi) is 6.32. The standard InChI is InChI=1S/C24H24N6O2S/c1-24(2,3)19-14-20(30(29-19)23-25-11-5-12-26-23)28-21(31)17-9-7-16(8-10-17)15-27-22(32)18-6-4-13-33-18/h4-14H,15H2,1-3H3,(H,27,32)(H,28,31). The molecule has 168 valence electrons. The van der Waals surface area contributed by atoms with Crippen LogP contribution >= 0.6 is 11.3 Å². The fourth-order valence-electron chi connectivity index (χ4n) is 3.03. The molecule has 0 atom stereocenters. The summed E-state index contributed by atoms with van der Waals surface area (Å²) in [4.78, 5) is 34.2. The zero-order valence-electron chi connectivity index (χ0n) is 18.6. The van der Waals surface area contributed by atoms with Crippen LogP contribution in [0.25, 0.3) is 5.95 Å². The maximum atomic E-state index is 12.9. The molecule has 0 aliphatic heterocycles. The molecule has 0 saturated heterocycles. The number of nitrogens with one attached hydrogen (secondary N) is 2. The van der Waals surface area contributed by atoms with Crippen molar-refractivity contribution in [1.29, 1.82) is 0 Å². The van der Waals surface area contributed by atoms with Gasteiger partial charge in [-0.1, -0.05) is 39.0 Å². The molecule has 0 unspecified atom stereocenters. The minimum Gasteiger partial charge on any atom is -0.347 e. The average molecular weight is 461 g/mol. The summed E-state index contributed by atoms with van der Waals surface area (Å²) >= 11 is 1.40. The van der Waals surface area contributed by atoms with Crippen molar-refractivity contribution >= 4 is 29.0 Å². The first-order valence-corrected chi connectivity index (χ1v) is 11.3. The predicted octanol–water partition coefficient (Wildman–Crippen LogP) is 4.20. The molecule has 8 nitrogen and oxygen atoms in total. The van der Waals surface area contributed by atoms with Gasteiger partial charge in [0.1, 0.15) is 5.82 Å². The summed E-state index contributed by atoms with van der Waals surface area (Å²) in [5, 5.41) is 12.3. The van der Waals surface area contributed by atoms with Crippen molar-refractivity contribution in [2.75, 3.05) is 5.32 Å². The zero-order valence-corrected chi connectivity index (χ0v) is 19.4. The number of anilines is 1. The van der Waals surface area contributed by atoms with Gasteiger partial charge in [0.25, 0.3) is 17.8 Å². The summed E-state index contributed by atoms with van der Waals surface area (Å²) in [6.07, 6.45) is 3.25. The zero-order chi connectivity index (χ0) is 23.4. The molecule has 0 bridgehead atoms. The molecular formula is C24H24N6O2S. The van der Waals surface area contributed by atoms with Crippen molar-refractivity contribution in [3.8, 4) is 5.95 Å². The molecular weight excluding hydrogens is 436 g/mol. The highest BCUT2D eigenvalue weighted by molar-refractivity contribution is 7.12. The molecule has 4 aromatic rings. The molecule has 3 aromatic heterocycles. The van der Waals surface area contributed by atoms with Crippen LogP contribution in [0.5, 0.6) is 0 Å². The largest absolute Gasteiger partial charge is 0.347 e. The van der Waals surface area contributed by atoms with E-state index < -0.39 is 0 Å². The summed E-state index contributed by atoms with van der Waals surface area (Å²) < 4.78 is 1.53. The Balaban J connectivity index is 1.48. The quantitative estimate of drug-likeness (QED) is 0.449. The number of hydrogen-bond acceptors (Lipinski definition) is 6. The first-order chi connectivity index (χ1) is 15.8. The second-order valence-corrected chi connectivity index (χ2v) is 9.38. The van der Waals surface area contributed by atoms with Gasteiger partial charge in [-0.3, -0.25) is 9.59 Å². The van der Waals surface area contributed by atoms with Crippen LogP contribution in [0.4, 0.5) is 5.82 Å². The van der Waals surface area contributed by atoms with Crippen LogP contribution in [0.2, 0.25) is 0 Å². The lowest BCUT2D eigenvalue weighted by molar-refractivity contribution is 0.0953. The van der Waals surface area contributed by atoms with Crippen molar-refractivity contribution in [3.05, 3.63) is 88.0 Å². The summed E-state index contributed by atoms with van der Waals surface area (Å²) in [7, 11) is 0. The van der Waals surface area contributed by atoms with E-state index in [9.17, 15) is 9.59 Å². The fraction of sp³-hybridized carbons (Fsp3) is 0.208. The highest BCUT2D eigenvalue weighted by atomic mass is 32.1. The van der Waals surface area contributed by atoms with E-state index in [1.807, 2.05) is 50.4 Å².